The number of urea groups is 1. The molecule has 33 heavy (non-hydrogen) atoms. The topological polar surface area (TPSA) is 93.8 Å². The number of esters is 1. The number of benzene rings is 1. The summed E-state index contributed by atoms with van der Waals surface area (Å²) in [4.78, 5) is 38.0. The molecule has 4 rings (SSSR count). The van der Waals surface area contributed by atoms with Crippen molar-refractivity contribution in [2.24, 2.45) is 0 Å². The lowest BCUT2D eigenvalue weighted by atomic mass is 10.1. The quantitative estimate of drug-likeness (QED) is 0.360. The predicted octanol–water partition coefficient (Wildman–Crippen LogP) is 4.18. The molecule has 1 aromatic carbocycles. The van der Waals surface area contributed by atoms with E-state index in [0.29, 0.717) is 5.76 Å². The summed E-state index contributed by atoms with van der Waals surface area (Å²) in [5.74, 6) is -0.785. The number of aryl methyl sites for hydroxylation is 3. The lowest BCUT2D eigenvalue weighted by Crippen LogP contribution is -2.30. The number of rotatable bonds is 5. The van der Waals surface area contributed by atoms with Gasteiger partial charge in [0.1, 0.15) is 11.5 Å². The van der Waals surface area contributed by atoms with E-state index in [2.05, 4.69) is 46.7 Å². The molecule has 0 radical (unpaired) electrons. The number of ether oxygens (including phenoxy) is 1. The molecular weight excluding hydrogens is 422 g/mol. The average molecular weight is 447 g/mol. The molecule has 170 valence electrons. The number of hydrogen-bond acceptors (Lipinski definition) is 5. The van der Waals surface area contributed by atoms with Crippen molar-refractivity contribution in [2.45, 2.75) is 34.2 Å². The van der Waals surface area contributed by atoms with Crippen molar-refractivity contribution < 1.29 is 23.5 Å². The highest BCUT2D eigenvalue weighted by Crippen LogP contribution is 2.26. The number of hydrogen-bond donors (Lipinski definition) is 1. The maximum absolute atomic E-state index is 12.9. The van der Waals surface area contributed by atoms with Gasteiger partial charge in [-0.15, -0.1) is 0 Å². The highest BCUT2D eigenvalue weighted by Gasteiger charge is 2.34. The van der Waals surface area contributed by atoms with Gasteiger partial charge in [0.25, 0.3) is 5.91 Å². The fourth-order valence-electron chi connectivity index (χ4n) is 4.11. The van der Waals surface area contributed by atoms with E-state index in [1.165, 1.54) is 30.4 Å². The first-order chi connectivity index (χ1) is 15.7. The van der Waals surface area contributed by atoms with Crippen LogP contribution < -0.4 is 5.32 Å². The number of amides is 3. The van der Waals surface area contributed by atoms with E-state index in [1.54, 1.807) is 6.08 Å². The number of imide groups is 1. The van der Waals surface area contributed by atoms with E-state index in [1.807, 2.05) is 19.9 Å². The summed E-state index contributed by atoms with van der Waals surface area (Å²) in [5, 5.41) is 2.63. The molecule has 3 heterocycles. The van der Waals surface area contributed by atoms with Gasteiger partial charge in [-0.1, -0.05) is 6.07 Å². The van der Waals surface area contributed by atoms with Crippen LogP contribution in [-0.2, 0) is 16.1 Å². The van der Waals surface area contributed by atoms with Crippen LogP contribution in [0.5, 0.6) is 0 Å². The Labute approximate surface area is 191 Å². The largest absolute Gasteiger partial charge is 0.463 e. The molecular formula is C25H25N3O5. The number of aromatic nitrogens is 1. The van der Waals surface area contributed by atoms with E-state index < -0.39 is 17.9 Å². The normalized spacial score (nSPS) is 14.8. The summed E-state index contributed by atoms with van der Waals surface area (Å²) in [6.07, 6.45) is 1.68. The SMILES string of the molecule is COC(=O)c1ccc(CN2C(=O)N/C(=C\c3cc(C)n(-c4cc(C)cc(C)c4)c3C)C2=O)o1. The zero-order chi connectivity index (χ0) is 23.9. The smallest absolute Gasteiger partial charge is 0.373 e. The number of carbonyl (C=O) groups is 3. The molecule has 3 amide bonds. The van der Waals surface area contributed by atoms with Gasteiger partial charge in [-0.2, -0.15) is 0 Å². The third kappa shape index (κ3) is 4.19. The first-order valence-corrected chi connectivity index (χ1v) is 10.5. The Bertz CT molecular complexity index is 1290. The Balaban J connectivity index is 1.60. The van der Waals surface area contributed by atoms with Crippen molar-refractivity contribution in [3.05, 3.63) is 81.7 Å². The molecule has 1 aliphatic heterocycles. The fraction of sp³-hybridized carbons (Fsp3) is 0.240. The summed E-state index contributed by atoms with van der Waals surface area (Å²) >= 11 is 0. The van der Waals surface area contributed by atoms with Gasteiger partial charge in [0, 0.05) is 17.1 Å². The number of methoxy groups -OCH3 is 1. The summed E-state index contributed by atoms with van der Waals surface area (Å²) in [6, 6.07) is 10.8. The van der Waals surface area contributed by atoms with Crippen LogP contribution in [0.1, 0.15) is 44.4 Å². The van der Waals surface area contributed by atoms with E-state index in [9.17, 15) is 14.4 Å². The van der Waals surface area contributed by atoms with Crippen LogP contribution in [0.4, 0.5) is 4.79 Å². The molecule has 0 aliphatic carbocycles. The van der Waals surface area contributed by atoms with Crippen molar-refractivity contribution in [1.82, 2.24) is 14.8 Å². The van der Waals surface area contributed by atoms with E-state index in [-0.39, 0.29) is 18.0 Å². The zero-order valence-electron chi connectivity index (χ0n) is 19.2. The second kappa shape index (κ2) is 8.46. The Hall–Kier alpha value is -4.07. The van der Waals surface area contributed by atoms with Crippen LogP contribution in [-0.4, -0.2) is 34.5 Å². The van der Waals surface area contributed by atoms with Crippen LogP contribution >= 0.6 is 0 Å². The predicted molar refractivity (Wildman–Crippen MR) is 122 cm³/mol. The Morgan fingerprint density at radius 2 is 1.76 bits per heavy atom. The Kier molecular flexibility index (Phi) is 5.68. The standard InChI is InChI=1S/C25H25N3O5/c1-14-8-15(2)10-19(9-14)28-16(3)11-18(17(28)4)12-21-23(29)27(25(31)26-21)13-20-6-7-22(33-20)24(30)32-5/h6-12H,13H2,1-5H3,(H,26,31)/b21-12-. The van der Waals surface area contributed by atoms with Gasteiger partial charge in [0.2, 0.25) is 5.76 Å². The minimum atomic E-state index is -0.627. The van der Waals surface area contributed by atoms with Gasteiger partial charge in [0.05, 0.1) is 13.7 Å². The fourth-order valence-corrected chi connectivity index (χ4v) is 4.11. The molecule has 0 bridgehead atoms. The van der Waals surface area contributed by atoms with Crippen molar-refractivity contribution in [2.75, 3.05) is 7.11 Å². The van der Waals surface area contributed by atoms with Gasteiger partial charge in [-0.05, 0) is 80.8 Å². The van der Waals surface area contributed by atoms with Crippen molar-refractivity contribution in [1.29, 1.82) is 0 Å². The van der Waals surface area contributed by atoms with E-state index >= 15 is 0 Å². The minimum absolute atomic E-state index is 0.00847. The molecule has 2 aromatic heterocycles. The number of nitrogens with one attached hydrogen (secondary N) is 1. The second-order valence-corrected chi connectivity index (χ2v) is 8.14. The average Bonchev–Trinajstić information content (AvgIpc) is 3.40. The van der Waals surface area contributed by atoms with Crippen LogP contribution in [0.25, 0.3) is 11.8 Å². The molecule has 1 N–H and O–H groups in total. The third-order valence-electron chi connectivity index (χ3n) is 5.56. The third-order valence-corrected chi connectivity index (χ3v) is 5.56. The van der Waals surface area contributed by atoms with Gasteiger partial charge >= 0.3 is 12.0 Å². The highest BCUT2D eigenvalue weighted by molar-refractivity contribution is 6.13. The maximum Gasteiger partial charge on any atom is 0.373 e. The molecule has 0 unspecified atom stereocenters. The van der Waals surface area contributed by atoms with Crippen molar-refractivity contribution >= 4 is 24.0 Å². The molecule has 8 nitrogen and oxygen atoms in total. The molecule has 1 aliphatic rings. The van der Waals surface area contributed by atoms with E-state index in [0.717, 1.165) is 27.5 Å². The number of nitrogens with zero attached hydrogens (tertiary/aromatic N) is 2. The first-order valence-electron chi connectivity index (χ1n) is 10.5. The molecule has 3 aromatic rings. The summed E-state index contributed by atoms with van der Waals surface area (Å²) < 4.78 is 12.1. The van der Waals surface area contributed by atoms with Gasteiger partial charge in [0.15, 0.2) is 0 Å². The van der Waals surface area contributed by atoms with Crippen LogP contribution in [0, 0.1) is 27.7 Å². The number of furan rings is 1. The van der Waals surface area contributed by atoms with Crippen molar-refractivity contribution in [3.8, 4) is 5.69 Å². The summed E-state index contributed by atoms with van der Waals surface area (Å²) in [5.41, 5.74) is 6.38. The monoisotopic (exact) mass is 447 g/mol. The lowest BCUT2D eigenvalue weighted by Gasteiger charge is -2.12. The maximum atomic E-state index is 12.9. The highest BCUT2D eigenvalue weighted by atomic mass is 16.5. The first kappa shape index (κ1) is 22.1. The minimum Gasteiger partial charge on any atom is -0.463 e. The Morgan fingerprint density at radius 1 is 1.06 bits per heavy atom. The van der Waals surface area contributed by atoms with E-state index in [4.69, 9.17) is 4.42 Å². The summed E-state index contributed by atoms with van der Waals surface area (Å²) in [6.45, 7) is 8.00. The zero-order valence-corrected chi connectivity index (χ0v) is 19.2. The molecule has 0 atom stereocenters. The number of carbonyl (C=O) groups excluding carboxylic acids is 3. The summed E-state index contributed by atoms with van der Waals surface area (Å²) in [7, 11) is 1.25. The lowest BCUT2D eigenvalue weighted by molar-refractivity contribution is -0.123. The molecule has 1 fully saturated rings. The Morgan fingerprint density at radius 3 is 2.42 bits per heavy atom. The van der Waals surface area contributed by atoms with Gasteiger partial charge < -0.3 is 19.0 Å². The van der Waals surface area contributed by atoms with Crippen LogP contribution in [0.3, 0.4) is 0 Å². The molecule has 1 saturated heterocycles. The van der Waals surface area contributed by atoms with Gasteiger partial charge in [-0.25, -0.2) is 9.59 Å². The van der Waals surface area contributed by atoms with Crippen LogP contribution in [0.2, 0.25) is 0 Å². The van der Waals surface area contributed by atoms with Crippen molar-refractivity contribution in [3.63, 3.8) is 0 Å². The van der Waals surface area contributed by atoms with Gasteiger partial charge in [-0.3, -0.25) is 9.69 Å². The molecule has 0 saturated carbocycles. The second-order valence-electron chi connectivity index (χ2n) is 8.14. The molecule has 8 heteroatoms. The molecule has 0 spiro atoms. The van der Waals surface area contributed by atoms with Crippen LogP contribution in [0.15, 0.2) is 46.5 Å².